The first-order valence-corrected chi connectivity index (χ1v) is 6.32. The Bertz CT molecular complexity index is 494. The van der Waals surface area contributed by atoms with Crippen LogP contribution in [0.1, 0.15) is 13.8 Å². The molecule has 0 saturated heterocycles. The minimum absolute atomic E-state index is 0.149. The van der Waals surface area contributed by atoms with Crippen LogP contribution in [0.25, 0.3) is 11.1 Å². The maximum absolute atomic E-state index is 5.63. The van der Waals surface area contributed by atoms with Gasteiger partial charge in [-0.25, -0.2) is 0 Å². The van der Waals surface area contributed by atoms with Crippen LogP contribution in [0.3, 0.4) is 0 Å². The van der Waals surface area contributed by atoms with E-state index in [1.165, 1.54) is 0 Å². The second-order valence-electron chi connectivity index (χ2n) is 3.90. The van der Waals surface area contributed by atoms with E-state index in [9.17, 15) is 0 Å². The average Bonchev–Trinajstić information content (AvgIpc) is 2.76. The molecule has 0 aromatic carbocycles. The van der Waals surface area contributed by atoms with Crippen molar-refractivity contribution in [2.75, 3.05) is 7.11 Å². The van der Waals surface area contributed by atoms with Gasteiger partial charge in [-0.15, -0.1) is 11.3 Å². The van der Waals surface area contributed by atoms with Crippen molar-refractivity contribution in [1.82, 2.24) is 4.98 Å². The van der Waals surface area contributed by atoms with E-state index in [-0.39, 0.29) is 6.10 Å². The zero-order chi connectivity index (χ0) is 12.3. The summed E-state index contributed by atoms with van der Waals surface area (Å²) in [7, 11) is 1.68. The lowest BCUT2D eigenvalue weighted by Gasteiger charge is -2.10. The molecule has 2 rings (SSSR count). The van der Waals surface area contributed by atoms with Crippen molar-refractivity contribution in [1.29, 1.82) is 0 Å². The van der Waals surface area contributed by atoms with Crippen LogP contribution in [-0.4, -0.2) is 18.2 Å². The van der Waals surface area contributed by atoms with Crippen molar-refractivity contribution in [3.63, 3.8) is 0 Å². The molecule has 2 aromatic heterocycles. The molecule has 0 fully saturated rings. The SMILES string of the molecule is COc1sccc1-c1cncc(OC(C)C)c1. The first-order chi connectivity index (χ1) is 8.20. The van der Waals surface area contributed by atoms with Gasteiger partial charge in [0.2, 0.25) is 0 Å². The molecule has 4 heteroatoms. The normalized spacial score (nSPS) is 10.6. The van der Waals surface area contributed by atoms with Crippen LogP contribution in [0.2, 0.25) is 0 Å². The number of aromatic nitrogens is 1. The van der Waals surface area contributed by atoms with Gasteiger partial charge in [0.25, 0.3) is 0 Å². The summed E-state index contributed by atoms with van der Waals surface area (Å²) in [6.07, 6.45) is 3.69. The highest BCUT2D eigenvalue weighted by atomic mass is 32.1. The molecule has 0 aliphatic carbocycles. The maximum atomic E-state index is 5.63. The van der Waals surface area contributed by atoms with Crippen LogP contribution in [0.4, 0.5) is 0 Å². The summed E-state index contributed by atoms with van der Waals surface area (Å²) >= 11 is 1.57. The second-order valence-corrected chi connectivity index (χ2v) is 4.78. The Kier molecular flexibility index (Phi) is 3.64. The Morgan fingerprint density at radius 2 is 2.12 bits per heavy atom. The molecule has 2 heterocycles. The summed E-state index contributed by atoms with van der Waals surface area (Å²) in [5.41, 5.74) is 2.07. The number of methoxy groups -OCH3 is 1. The van der Waals surface area contributed by atoms with Crippen molar-refractivity contribution in [3.8, 4) is 21.9 Å². The first-order valence-electron chi connectivity index (χ1n) is 5.44. The van der Waals surface area contributed by atoms with Gasteiger partial charge < -0.3 is 9.47 Å². The molecule has 0 spiro atoms. The molecule has 0 radical (unpaired) electrons. The highest BCUT2D eigenvalue weighted by molar-refractivity contribution is 7.12. The lowest BCUT2D eigenvalue weighted by atomic mass is 10.1. The van der Waals surface area contributed by atoms with E-state index in [0.29, 0.717) is 0 Å². The third-order valence-electron chi connectivity index (χ3n) is 2.21. The number of nitrogens with zero attached hydrogens (tertiary/aromatic N) is 1. The third-order valence-corrected chi connectivity index (χ3v) is 3.08. The fraction of sp³-hybridized carbons (Fsp3) is 0.308. The van der Waals surface area contributed by atoms with E-state index < -0.39 is 0 Å². The van der Waals surface area contributed by atoms with E-state index in [2.05, 4.69) is 4.98 Å². The van der Waals surface area contributed by atoms with E-state index in [1.54, 1.807) is 24.6 Å². The lowest BCUT2D eigenvalue weighted by Crippen LogP contribution is -2.05. The van der Waals surface area contributed by atoms with Crippen LogP contribution in [0.5, 0.6) is 10.8 Å². The Balaban J connectivity index is 2.33. The summed E-state index contributed by atoms with van der Waals surface area (Å²) in [5.74, 6) is 0.783. The van der Waals surface area contributed by atoms with Crippen LogP contribution in [-0.2, 0) is 0 Å². The predicted molar refractivity (Wildman–Crippen MR) is 69.9 cm³/mol. The summed E-state index contributed by atoms with van der Waals surface area (Å²) < 4.78 is 10.9. The standard InChI is InChI=1S/C13H15NO2S/c1-9(2)16-11-6-10(7-14-8-11)12-4-5-17-13(12)15-3/h4-9H,1-3H3. The number of thiophene rings is 1. The number of hydrogen-bond donors (Lipinski definition) is 0. The molecule has 0 atom stereocenters. The number of pyridine rings is 1. The van der Waals surface area contributed by atoms with Gasteiger partial charge >= 0.3 is 0 Å². The van der Waals surface area contributed by atoms with Gasteiger partial charge in [0.15, 0.2) is 5.06 Å². The monoisotopic (exact) mass is 249 g/mol. The molecule has 2 aromatic rings. The highest BCUT2D eigenvalue weighted by Gasteiger charge is 2.09. The van der Waals surface area contributed by atoms with Crippen molar-refractivity contribution in [2.24, 2.45) is 0 Å². The number of rotatable bonds is 4. The number of hydrogen-bond acceptors (Lipinski definition) is 4. The number of ether oxygens (including phenoxy) is 2. The van der Waals surface area contributed by atoms with Crippen LogP contribution < -0.4 is 9.47 Å². The van der Waals surface area contributed by atoms with E-state index in [0.717, 1.165) is 21.9 Å². The molecular weight excluding hydrogens is 234 g/mol. The molecule has 0 saturated carbocycles. The molecule has 90 valence electrons. The molecule has 0 bridgehead atoms. The summed E-state index contributed by atoms with van der Waals surface area (Å²) in [6.45, 7) is 4.00. The van der Waals surface area contributed by atoms with Crippen molar-refractivity contribution in [3.05, 3.63) is 29.9 Å². The van der Waals surface area contributed by atoms with Crippen LogP contribution in [0.15, 0.2) is 29.9 Å². The van der Waals surface area contributed by atoms with Crippen molar-refractivity contribution in [2.45, 2.75) is 20.0 Å². The molecule has 0 aliphatic rings. The zero-order valence-electron chi connectivity index (χ0n) is 10.1. The van der Waals surface area contributed by atoms with Gasteiger partial charge in [-0.05, 0) is 31.4 Å². The van der Waals surface area contributed by atoms with Gasteiger partial charge in [0.1, 0.15) is 5.75 Å². The van der Waals surface area contributed by atoms with Crippen LogP contribution >= 0.6 is 11.3 Å². The van der Waals surface area contributed by atoms with Crippen LogP contribution in [0, 0.1) is 0 Å². The lowest BCUT2D eigenvalue weighted by molar-refractivity contribution is 0.241. The predicted octanol–water partition coefficient (Wildman–Crippen LogP) is 3.61. The molecule has 17 heavy (non-hydrogen) atoms. The van der Waals surface area contributed by atoms with Gasteiger partial charge in [-0.3, -0.25) is 4.98 Å². The van der Waals surface area contributed by atoms with E-state index in [4.69, 9.17) is 9.47 Å². The fourth-order valence-electron chi connectivity index (χ4n) is 1.57. The van der Waals surface area contributed by atoms with Gasteiger partial charge in [-0.2, -0.15) is 0 Å². The molecule has 0 amide bonds. The Labute approximate surface area is 105 Å². The smallest absolute Gasteiger partial charge is 0.181 e. The largest absolute Gasteiger partial charge is 0.489 e. The quantitative estimate of drug-likeness (QED) is 0.829. The van der Waals surface area contributed by atoms with Crippen molar-refractivity contribution >= 4 is 11.3 Å². The molecule has 0 unspecified atom stereocenters. The average molecular weight is 249 g/mol. The Hall–Kier alpha value is -1.55. The summed E-state index contributed by atoms with van der Waals surface area (Å²) in [6, 6.07) is 4.01. The minimum Gasteiger partial charge on any atom is -0.489 e. The van der Waals surface area contributed by atoms with E-state index >= 15 is 0 Å². The Morgan fingerprint density at radius 3 is 2.82 bits per heavy atom. The van der Waals surface area contributed by atoms with Gasteiger partial charge in [0.05, 0.1) is 19.4 Å². The molecule has 0 aliphatic heterocycles. The van der Waals surface area contributed by atoms with E-state index in [1.807, 2.05) is 37.6 Å². The van der Waals surface area contributed by atoms with Gasteiger partial charge in [-0.1, -0.05) is 0 Å². The highest BCUT2D eigenvalue weighted by Crippen LogP contribution is 2.35. The molecular formula is C13H15NO2S. The summed E-state index contributed by atoms with van der Waals surface area (Å²) in [4.78, 5) is 4.19. The van der Waals surface area contributed by atoms with Crippen molar-refractivity contribution < 1.29 is 9.47 Å². The zero-order valence-corrected chi connectivity index (χ0v) is 11.0. The Morgan fingerprint density at radius 1 is 1.29 bits per heavy atom. The fourth-order valence-corrected chi connectivity index (χ4v) is 2.31. The molecule has 3 nitrogen and oxygen atoms in total. The second kappa shape index (κ2) is 5.19. The molecule has 0 N–H and O–H groups in total. The first kappa shape index (κ1) is 11.9. The summed E-state index contributed by atoms with van der Waals surface area (Å²) in [5, 5.41) is 2.90. The third kappa shape index (κ3) is 2.77. The maximum Gasteiger partial charge on any atom is 0.181 e. The topological polar surface area (TPSA) is 31.4 Å². The minimum atomic E-state index is 0.149. The van der Waals surface area contributed by atoms with Gasteiger partial charge in [0, 0.05) is 17.3 Å².